The number of ether oxygens (including phenoxy) is 4. The molecule has 620 valence electrons. The second-order valence-electron chi connectivity index (χ2n) is 32.2. The predicted molar refractivity (Wildman–Crippen MR) is 463 cm³/mol. The fourth-order valence-corrected chi connectivity index (χ4v) is 13.6. The van der Waals surface area contributed by atoms with Crippen molar-refractivity contribution in [3.63, 3.8) is 0 Å². The summed E-state index contributed by atoms with van der Waals surface area (Å²) in [7, 11) is 5.95. The highest BCUT2D eigenvalue weighted by Crippen LogP contribution is 2.20. The van der Waals surface area contributed by atoms with E-state index in [2.05, 4.69) is 123 Å². The van der Waals surface area contributed by atoms with Crippen LogP contribution in [0.2, 0.25) is 0 Å². The number of carboxylic acid groups (broad SMARTS) is 1. The molecular formula is C98H175NO8. The van der Waals surface area contributed by atoms with Crippen molar-refractivity contribution in [3.8, 4) is 0 Å². The second kappa shape index (κ2) is 87.5. The number of unbranched alkanes of at least 4 members (excludes halogenated alkanes) is 53. The van der Waals surface area contributed by atoms with Crippen LogP contribution in [0.4, 0.5) is 0 Å². The average molecular weight is 1500 g/mol. The van der Waals surface area contributed by atoms with Gasteiger partial charge >= 0.3 is 11.9 Å². The van der Waals surface area contributed by atoms with Crippen molar-refractivity contribution in [2.24, 2.45) is 0 Å². The monoisotopic (exact) mass is 1490 g/mol. The van der Waals surface area contributed by atoms with Gasteiger partial charge in [0.2, 0.25) is 0 Å². The SMILES string of the molecule is CC/C=C\C/C=C\C/C=C\C/C=C\C/C=C\C/C=C\CCCCCCCCCCCCCCCCCCCCCCCCC(=O)OC(COC(=O)CCCCCCCCCCCCCCCCCCCCCCCCCCCC/C=C\C/C=C\C/C=C\CCCCCCC)COC(OCC[N+](C)(C)C)C(=O)[O-]. The Labute approximate surface area is 664 Å². The number of carbonyl (C=O) groups is 3. The number of rotatable bonds is 86. The molecular weight excluding hydrogens is 1320 g/mol. The van der Waals surface area contributed by atoms with Gasteiger partial charge in [-0.05, 0) is 103 Å². The topological polar surface area (TPSA) is 111 Å². The molecule has 0 radical (unpaired) electrons. The van der Waals surface area contributed by atoms with Crippen LogP contribution >= 0.6 is 0 Å². The minimum Gasteiger partial charge on any atom is -0.545 e. The molecule has 0 spiro atoms. The van der Waals surface area contributed by atoms with Crippen LogP contribution in [0.25, 0.3) is 0 Å². The Bertz CT molecular complexity index is 2140. The van der Waals surface area contributed by atoms with Crippen molar-refractivity contribution < 1.29 is 42.9 Å². The largest absolute Gasteiger partial charge is 0.545 e. The van der Waals surface area contributed by atoms with Gasteiger partial charge in [0.15, 0.2) is 12.4 Å². The quantitative estimate of drug-likeness (QED) is 0.0195. The Balaban J connectivity index is 3.91. The Morgan fingerprint density at radius 1 is 0.290 bits per heavy atom. The summed E-state index contributed by atoms with van der Waals surface area (Å²) in [5.74, 6) is -2.25. The molecule has 0 aliphatic rings. The number of carboxylic acids is 1. The van der Waals surface area contributed by atoms with Gasteiger partial charge in [0.05, 0.1) is 40.3 Å². The lowest BCUT2D eigenvalue weighted by atomic mass is 10.0. The van der Waals surface area contributed by atoms with Gasteiger partial charge in [-0.1, -0.05) is 431 Å². The molecule has 0 rings (SSSR count). The smallest absolute Gasteiger partial charge is 0.306 e. The summed E-state index contributed by atoms with van der Waals surface area (Å²) in [5, 5.41) is 11.9. The lowest BCUT2D eigenvalue weighted by Crippen LogP contribution is -2.44. The number of allylic oxidation sites excluding steroid dienone is 18. The number of hydrogen-bond donors (Lipinski definition) is 0. The first-order valence-corrected chi connectivity index (χ1v) is 46.0. The Hall–Kier alpha value is -4.05. The minimum atomic E-state index is -1.62. The van der Waals surface area contributed by atoms with Crippen molar-refractivity contribution in [1.82, 2.24) is 0 Å². The number of aliphatic carboxylic acids is 1. The van der Waals surface area contributed by atoms with Crippen LogP contribution in [0, 0.1) is 0 Å². The van der Waals surface area contributed by atoms with E-state index in [0.29, 0.717) is 23.9 Å². The third kappa shape index (κ3) is 89.0. The summed E-state index contributed by atoms with van der Waals surface area (Å²) in [6.45, 7) is 4.68. The molecule has 0 saturated carbocycles. The van der Waals surface area contributed by atoms with Gasteiger partial charge in [0.1, 0.15) is 13.2 Å². The summed E-state index contributed by atoms with van der Waals surface area (Å²) >= 11 is 0. The molecule has 9 nitrogen and oxygen atoms in total. The van der Waals surface area contributed by atoms with E-state index in [1.165, 1.54) is 321 Å². The standard InChI is InChI=1S/C98H175NO8/c1-6-8-10-12-14-16-18-20-22-24-26-28-30-32-34-36-38-40-42-44-46-48-50-52-54-56-58-60-62-64-66-68-70-72-74-76-78-80-82-84-86-88-95(100)105-92-94(93-106-98(97(102)103)104-91-90-99(3,4)5)107-96(101)89-87-85-83-81-79-77-75-73-71-69-67-65-63-61-59-57-55-53-51-49-47-45-43-41-39-37-35-33-31-29-27-25-23-21-19-17-15-13-11-9-7-2/h9,11,15,17-18,20-21,23-24,26-27,29-30,32-33,35,39,41,94,98H,6-8,10,12-14,16,19,22,25,28,31,34,36-38,40,42-93H2,1-5H3/b11-9-,17-15-,20-18-,23-21-,26-24-,29-27-,32-30-,35-33-,41-39-. The van der Waals surface area contributed by atoms with E-state index in [0.717, 1.165) is 83.5 Å². The zero-order valence-corrected chi connectivity index (χ0v) is 71.3. The van der Waals surface area contributed by atoms with Crippen LogP contribution in [-0.4, -0.2) is 82.3 Å². The highest BCUT2D eigenvalue weighted by Gasteiger charge is 2.22. The average Bonchev–Trinajstić information content (AvgIpc) is 0.965. The zero-order chi connectivity index (χ0) is 77.4. The molecule has 107 heavy (non-hydrogen) atoms. The maximum absolute atomic E-state index is 13.0. The van der Waals surface area contributed by atoms with E-state index in [-0.39, 0.29) is 32.2 Å². The maximum atomic E-state index is 13.0. The number of quaternary nitrogens is 1. The summed E-state index contributed by atoms with van der Waals surface area (Å²) in [4.78, 5) is 37.7. The number of hydrogen-bond acceptors (Lipinski definition) is 8. The normalized spacial score (nSPS) is 13.1. The molecule has 0 fully saturated rings. The van der Waals surface area contributed by atoms with Crippen molar-refractivity contribution in [2.45, 2.75) is 450 Å². The van der Waals surface area contributed by atoms with E-state index in [4.69, 9.17) is 18.9 Å². The van der Waals surface area contributed by atoms with Crippen LogP contribution in [0.15, 0.2) is 109 Å². The lowest BCUT2D eigenvalue weighted by molar-refractivity contribution is -0.870. The Morgan fingerprint density at radius 3 is 0.794 bits per heavy atom. The third-order valence-electron chi connectivity index (χ3n) is 20.5. The molecule has 0 N–H and O–H groups in total. The summed E-state index contributed by atoms with van der Waals surface area (Å²) in [5.41, 5.74) is 0. The number of esters is 2. The summed E-state index contributed by atoms with van der Waals surface area (Å²) in [6, 6.07) is 0. The van der Waals surface area contributed by atoms with E-state index in [1.54, 1.807) is 0 Å². The van der Waals surface area contributed by atoms with Crippen LogP contribution in [0.5, 0.6) is 0 Å². The highest BCUT2D eigenvalue weighted by atomic mass is 16.7. The van der Waals surface area contributed by atoms with Gasteiger partial charge in [0.25, 0.3) is 0 Å². The van der Waals surface area contributed by atoms with E-state index >= 15 is 0 Å². The van der Waals surface area contributed by atoms with E-state index < -0.39 is 24.3 Å². The number of likely N-dealkylation sites (N-methyl/N-ethyl adjacent to an activating group) is 1. The van der Waals surface area contributed by atoms with Gasteiger partial charge in [-0.2, -0.15) is 0 Å². The molecule has 0 heterocycles. The van der Waals surface area contributed by atoms with Crippen LogP contribution in [-0.2, 0) is 33.3 Å². The van der Waals surface area contributed by atoms with E-state index in [1.807, 2.05) is 21.1 Å². The molecule has 9 heteroatoms. The first-order chi connectivity index (χ1) is 52.6. The molecule has 2 atom stereocenters. The first kappa shape index (κ1) is 103. The number of nitrogens with zero attached hydrogens (tertiary/aromatic N) is 1. The molecule has 0 saturated heterocycles. The molecule has 0 aromatic rings. The Kier molecular flexibility index (Phi) is 84.2. The highest BCUT2D eigenvalue weighted by molar-refractivity contribution is 5.70. The maximum Gasteiger partial charge on any atom is 0.306 e. The minimum absolute atomic E-state index is 0.148. The summed E-state index contributed by atoms with van der Waals surface area (Å²) in [6.07, 6.45) is 121. The Morgan fingerprint density at radius 2 is 0.533 bits per heavy atom. The van der Waals surface area contributed by atoms with Crippen molar-refractivity contribution >= 4 is 17.9 Å². The molecule has 0 aromatic carbocycles. The van der Waals surface area contributed by atoms with Crippen molar-refractivity contribution in [2.75, 3.05) is 47.5 Å². The van der Waals surface area contributed by atoms with Crippen LogP contribution < -0.4 is 5.11 Å². The molecule has 2 unspecified atom stereocenters. The fourth-order valence-electron chi connectivity index (χ4n) is 13.6. The fraction of sp³-hybridized carbons (Fsp3) is 0.786. The second-order valence-corrected chi connectivity index (χ2v) is 32.2. The van der Waals surface area contributed by atoms with Gasteiger partial charge in [-0.25, -0.2) is 0 Å². The van der Waals surface area contributed by atoms with Crippen molar-refractivity contribution in [1.29, 1.82) is 0 Å². The zero-order valence-electron chi connectivity index (χ0n) is 71.3. The molecule has 0 amide bonds. The molecule has 0 aliphatic heterocycles. The van der Waals surface area contributed by atoms with E-state index in [9.17, 15) is 19.5 Å². The van der Waals surface area contributed by atoms with Gasteiger partial charge in [-0.15, -0.1) is 0 Å². The van der Waals surface area contributed by atoms with Gasteiger partial charge in [-0.3, -0.25) is 9.59 Å². The molecule has 0 aliphatic carbocycles. The van der Waals surface area contributed by atoms with Crippen LogP contribution in [0.3, 0.4) is 0 Å². The van der Waals surface area contributed by atoms with Crippen LogP contribution in [0.1, 0.15) is 438 Å². The predicted octanol–water partition coefficient (Wildman–Crippen LogP) is 29.0. The first-order valence-electron chi connectivity index (χ1n) is 46.0. The lowest BCUT2D eigenvalue weighted by Gasteiger charge is -2.26. The van der Waals surface area contributed by atoms with Crippen molar-refractivity contribution in [3.05, 3.63) is 109 Å². The van der Waals surface area contributed by atoms with Gasteiger partial charge in [0, 0.05) is 12.8 Å². The molecule has 0 bridgehead atoms. The summed E-state index contributed by atoms with van der Waals surface area (Å²) < 4.78 is 22.9. The number of carbonyl (C=O) groups excluding carboxylic acids is 3. The molecule has 0 aromatic heterocycles. The third-order valence-corrected chi connectivity index (χ3v) is 20.5. The van der Waals surface area contributed by atoms with Gasteiger partial charge < -0.3 is 33.3 Å².